The molecular formula is C22H25NO4. The summed E-state index contributed by atoms with van der Waals surface area (Å²) in [6.45, 7) is 7.36. The first-order chi connectivity index (χ1) is 12.8. The van der Waals surface area contributed by atoms with Crippen LogP contribution in [0.2, 0.25) is 0 Å². The summed E-state index contributed by atoms with van der Waals surface area (Å²) in [6.07, 6.45) is 1.48. The molecule has 0 unspecified atom stereocenters. The van der Waals surface area contributed by atoms with Gasteiger partial charge in [-0.2, -0.15) is 0 Å². The molecule has 0 aromatic heterocycles. The molecule has 5 nitrogen and oxygen atoms in total. The number of rotatable bonds is 5. The number of hydrogen-bond acceptors (Lipinski definition) is 4. The number of anilines is 1. The third kappa shape index (κ3) is 4.56. The zero-order chi connectivity index (χ0) is 20.1. The number of aryl methyl sites for hydroxylation is 2. The maximum Gasteiger partial charge on any atom is 0.331 e. The van der Waals surface area contributed by atoms with Gasteiger partial charge in [0.05, 0.1) is 14.2 Å². The second-order valence-electron chi connectivity index (χ2n) is 6.38. The lowest BCUT2D eigenvalue weighted by atomic mass is 9.88. The minimum absolute atomic E-state index is 0.140. The Morgan fingerprint density at radius 2 is 1.63 bits per heavy atom. The molecule has 0 spiro atoms. The predicted octanol–water partition coefficient (Wildman–Crippen LogP) is 4.18. The summed E-state index contributed by atoms with van der Waals surface area (Å²) in [5, 5.41) is 2.90. The zero-order valence-corrected chi connectivity index (χ0v) is 16.6. The summed E-state index contributed by atoms with van der Waals surface area (Å²) >= 11 is 0. The lowest BCUT2D eigenvalue weighted by Gasteiger charge is -2.20. The van der Waals surface area contributed by atoms with Crippen LogP contribution in [-0.4, -0.2) is 26.1 Å². The van der Waals surface area contributed by atoms with E-state index in [1.807, 2.05) is 51.1 Å². The van der Waals surface area contributed by atoms with Crippen LogP contribution in [0.1, 0.15) is 34.7 Å². The van der Waals surface area contributed by atoms with Crippen molar-refractivity contribution in [1.82, 2.24) is 0 Å². The molecule has 2 aromatic rings. The molecule has 0 saturated carbocycles. The summed E-state index contributed by atoms with van der Waals surface area (Å²) in [5.41, 5.74) is 6.10. The van der Waals surface area contributed by atoms with Gasteiger partial charge in [0.1, 0.15) is 5.75 Å². The molecule has 0 aliphatic carbocycles. The molecule has 0 saturated heterocycles. The van der Waals surface area contributed by atoms with Gasteiger partial charge in [0, 0.05) is 18.7 Å². The van der Waals surface area contributed by atoms with Gasteiger partial charge in [-0.1, -0.05) is 18.2 Å². The number of nitrogens with one attached hydrogen (secondary N) is 1. The van der Waals surface area contributed by atoms with Gasteiger partial charge in [-0.15, -0.1) is 0 Å². The lowest BCUT2D eigenvalue weighted by Crippen LogP contribution is -2.11. The van der Waals surface area contributed by atoms with Crippen LogP contribution >= 0.6 is 0 Å². The molecular weight excluding hydrogens is 342 g/mol. The van der Waals surface area contributed by atoms with Crippen LogP contribution in [-0.2, 0) is 14.3 Å². The predicted molar refractivity (Wildman–Crippen MR) is 107 cm³/mol. The average Bonchev–Trinajstić information content (AvgIpc) is 2.64. The highest BCUT2D eigenvalue weighted by atomic mass is 16.5. The monoisotopic (exact) mass is 367 g/mol. The molecule has 0 atom stereocenters. The number of hydrogen-bond donors (Lipinski definition) is 1. The van der Waals surface area contributed by atoms with Crippen molar-refractivity contribution in [3.8, 4) is 5.75 Å². The van der Waals surface area contributed by atoms with E-state index in [1.54, 1.807) is 7.11 Å². The number of benzene rings is 2. The Bertz CT molecular complexity index is 896. The fraction of sp³-hybridized carbons (Fsp3) is 0.273. The van der Waals surface area contributed by atoms with Crippen LogP contribution in [0.3, 0.4) is 0 Å². The normalized spacial score (nSPS) is 11.1. The summed E-state index contributed by atoms with van der Waals surface area (Å²) in [7, 11) is 2.95. The van der Waals surface area contributed by atoms with Crippen LogP contribution in [0, 0.1) is 20.8 Å². The Hall–Kier alpha value is -3.08. The summed E-state index contributed by atoms with van der Waals surface area (Å²) in [5.74, 6) is 0.146. The van der Waals surface area contributed by atoms with Crippen molar-refractivity contribution in [3.63, 3.8) is 0 Å². The molecule has 2 aromatic carbocycles. The van der Waals surface area contributed by atoms with Crippen molar-refractivity contribution in [3.05, 3.63) is 64.2 Å². The highest BCUT2D eigenvalue weighted by Crippen LogP contribution is 2.35. The highest BCUT2D eigenvalue weighted by Gasteiger charge is 2.18. The molecule has 142 valence electrons. The summed E-state index contributed by atoms with van der Waals surface area (Å²) in [4.78, 5) is 23.7. The SMILES string of the molecule is COC(=O)/C=C(/c1ccc(OC)cc1)c1c(C)cc(C)c(NC(C)=O)c1C. The van der Waals surface area contributed by atoms with Crippen LogP contribution in [0.5, 0.6) is 5.75 Å². The molecule has 0 bridgehead atoms. The van der Waals surface area contributed by atoms with Crippen molar-refractivity contribution in [2.75, 3.05) is 19.5 Å². The highest BCUT2D eigenvalue weighted by molar-refractivity contribution is 5.99. The molecule has 5 heteroatoms. The standard InChI is InChI=1S/C22H25NO4/c1-13-11-14(2)22(23-16(4)24)15(3)21(13)19(12-20(25)27-6)17-7-9-18(26-5)10-8-17/h7-12H,1-6H3,(H,23,24)/b19-12-. The number of carbonyl (C=O) groups is 2. The molecule has 0 radical (unpaired) electrons. The maximum atomic E-state index is 12.1. The van der Waals surface area contributed by atoms with Crippen LogP contribution in [0.4, 0.5) is 5.69 Å². The minimum Gasteiger partial charge on any atom is -0.497 e. The van der Waals surface area contributed by atoms with Gasteiger partial charge >= 0.3 is 5.97 Å². The van der Waals surface area contributed by atoms with Gasteiger partial charge in [0.25, 0.3) is 0 Å². The Labute approximate surface area is 160 Å². The van der Waals surface area contributed by atoms with Gasteiger partial charge < -0.3 is 14.8 Å². The molecule has 2 rings (SSSR count). The average molecular weight is 367 g/mol. The van der Waals surface area contributed by atoms with E-state index in [0.717, 1.165) is 44.8 Å². The van der Waals surface area contributed by atoms with Crippen molar-refractivity contribution in [2.24, 2.45) is 0 Å². The quantitative estimate of drug-likeness (QED) is 0.636. The van der Waals surface area contributed by atoms with Gasteiger partial charge in [-0.05, 0) is 66.3 Å². The number of esters is 1. The Morgan fingerprint density at radius 1 is 1.00 bits per heavy atom. The smallest absolute Gasteiger partial charge is 0.331 e. The van der Waals surface area contributed by atoms with E-state index in [-0.39, 0.29) is 5.91 Å². The minimum atomic E-state index is -0.443. The molecule has 1 N–H and O–H groups in total. The second kappa shape index (κ2) is 8.54. The van der Waals surface area contributed by atoms with Crippen LogP contribution < -0.4 is 10.1 Å². The van der Waals surface area contributed by atoms with Crippen molar-refractivity contribution in [2.45, 2.75) is 27.7 Å². The number of ether oxygens (including phenoxy) is 2. The Morgan fingerprint density at radius 3 is 2.15 bits per heavy atom. The van der Waals surface area contributed by atoms with Crippen LogP contribution in [0.25, 0.3) is 5.57 Å². The van der Waals surface area contributed by atoms with Gasteiger partial charge in [-0.25, -0.2) is 4.79 Å². The third-order valence-corrected chi connectivity index (χ3v) is 4.41. The van der Waals surface area contributed by atoms with Crippen molar-refractivity contribution in [1.29, 1.82) is 0 Å². The van der Waals surface area contributed by atoms with E-state index >= 15 is 0 Å². The van der Waals surface area contributed by atoms with E-state index in [1.165, 1.54) is 20.1 Å². The van der Waals surface area contributed by atoms with Crippen LogP contribution in [0.15, 0.2) is 36.4 Å². The zero-order valence-electron chi connectivity index (χ0n) is 16.6. The Balaban J connectivity index is 2.74. The topological polar surface area (TPSA) is 64.6 Å². The first-order valence-corrected chi connectivity index (χ1v) is 8.61. The maximum absolute atomic E-state index is 12.1. The lowest BCUT2D eigenvalue weighted by molar-refractivity contribution is -0.134. The van der Waals surface area contributed by atoms with E-state index < -0.39 is 5.97 Å². The molecule has 0 fully saturated rings. The summed E-state index contributed by atoms with van der Waals surface area (Å²) in [6, 6.07) is 9.47. The number of carbonyl (C=O) groups excluding carboxylic acids is 2. The molecule has 0 aliphatic rings. The van der Waals surface area contributed by atoms with E-state index in [4.69, 9.17) is 9.47 Å². The third-order valence-electron chi connectivity index (χ3n) is 4.41. The van der Waals surface area contributed by atoms with E-state index in [0.29, 0.717) is 0 Å². The van der Waals surface area contributed by atoms with Crippen molar-refractivity contribution >= 4 is 23.1 Å². The Kier molecular flexibility index (Phi) is 6.40. The molecule has 1 amide bonds. The first-order valence-electron chi connectivity index (χ1n) is 8.61. The largest absolute Gasteiger partial charge is 0.497 e. The molecule has 0 heterocycles. The number of methoxy groups -OCH3 is 2. The summed E-state index contributed by atoms with van der Waals surface area (Å²) < 4.78 is 10.1. The molecule has 0 aliphatic heterocycles. The second-order valence-corrected chi connectivity index (χ2v) is 6.38. The van der Waals surface area contributed by atoms with Crippen molar-refractivity contribution < 1.29 is 19.1 Å². The van der Waals surface area contributed by atoms with Gasteiger partial charge in [-0.3, -0.25) is 4.79 Å². The van der Waals surface area contributed by atoms with Gasteiger partial charge in [0.2, 0.25) is 5.91 Å². The first kappa shape index (κ1) is 20.2. The molecule has 27 heavy (non-hydrogen) atoms. The van der Waals surface area contributed by atoms with Gasteiger partial charge in [0.15, 0.2) is 0 Å². The fourth-order valence-corrected chi connectivity index (χ4v) is 3.22. The van der Waals surface area contributed by atoms with E-state index in [2.05, 4.69) is 5.32 Å². The number of amides is 1. The van der Waals surface area contributed by atoms with E-state index in [9.17, 15) is 9.59 Å². The fourth-order valence-electron chi connectivity index (χ4n) is 3.22.